The van der Waals surface area contributed by atoms with E-state index >= 15 is 0 Å². The van der Waals surface area contributed by atoms with Crippen LogP contribution >= 0.6 is 11.6 Å². The minimum absolute atomic E-state index is 0.457. The smallest absolute Gasteiger partial charge is 0.141 e. The number of carbonyl (C=O) groups is 1. The van der Waals surface area contributed by atoms with Gasteiger partial charge in [0.05, 0.1) is 19.2 Å². The molecule has 0 aliphatic rings. The fourth-order valence-corrected chi connectivity index (χ4v) is 1.60. The number of methoxy groups -OCH3 is 2. The maximum atomic E-state index is 10.3. The molecule has 0 aliphatic heterocycles. The SMILES string of the molecule is COc1cc(OC)c(CCC=O)cc1Cl. The number of ether oxygens (including phenoxy) is 2. The van der Waals surface area contributed by atoms with Crippen LogP contribution < -0.4 is 9.47 Å². The van der Waals surface area contributed by atoms with Gasteiger partial charge in [-0.2, -0.15) is 0 Å². The molecule has 15 heavy (non-hydrogen) atoms. The fourth-order valence-electron chi connectivity index (χ4n) is 1.33. The van der Waals surface area contributed by atoms with Gasteiger partial charge in [-0.05, 0) is 18.1 Å². The van der Waals surface area contributed by atoms with Gasteiger partial charge in [0, 0.05) is 12.5 Å². The molecule has 0 saturated carbocycles. The molecule has 0 aliphatic carbocycles. The highest BCUT2D eigenvalue weighted by Crippen LogP contribution is 2.32. The predicted octanol–water partition coefficient (Wildman–Crippen LogP) is 2.49. The van der Waals surface area contributed by atoms with Gasteiger partial charge in [0.15, 0.2) is 0 Å². The van der Waals surface area contributed by atoms with Crippen molar-refractivity contribution in [2.45, 2.75) is 12.8 Å². The van der Waals surface area contributed by atoms with Crippen LogP contribution in [0, 0.1) is 0 Å². The van der Waals surface area contributed by atoms with Gasteiger partial charge in [0.1, 0.15) is 17.8 Å². The maximum absolute atomic E-state index is 10.3. The van der Waals surface area contributed by atoms with Crippen molar-refractivity contribution in [1.82, 2.24) is 0 Å². The third-order valence-electron chi connectivity index (χ3n) is 2.09. The molecule has 0 saturated heterocycles. The van der Waals surface area contributed by atoms with Crippen molar-refractivity contribution in [2.75, 3.05) is 14.2 Å². The van der Waals surface area contributed by atoms with E-state index in [0.29, 0.717) is 29.4 Å². The van der Waals surface area contributed by atoms with Gasteiger partial charge in [-0.25, -0.2) is 0 Å². The van der Waals surface area contributed by atoms with Crippen LogP contribution in [0.2, 0.25) is 5.02 Å². The number of hydrogen-bond donors (Lipinski definition) is 0. The van der Waals surface area contributed by atoms with Crippen LogP contribution in [0.25, 0.3) is 0 Å². The Morgan fingerprint density at radius 1 is 1.27 bits per heavy atom. The van der Waals surface area contributed by atoms with Crippen molar-refractivity contribution in [3.05, 3.63) is 22.7 Å². The van der Waals surface area contributed by atoms with E-state index in [9.17, 15) is 4.79 Å². The summed E-state index contributed by atoms with van der Waals surface area (Å²) >= 11 is 5.97. The highest BCUT2D eigenvalue weighted by molar-refractivity contribution is 6.32. The molecule has 0 amide bonds. The first-order valence-corrected chi connectivity index (χ1v) is 4.94. The molecule has 1 aromatic carbocycles. The van der Waals surface area contributed by atoms with Crippen molar-refractivity contribution >= 4 is 17.9 Å². The van der Waals surface area contributed by atoms with Gasteiger partial charge in [0.2, 0.25) is 0 Å². The van der Waals surface area contributed by atoms with E-state index in [1.54, 1.807) is 26.4 Å². The number of aldehydes is 1. The van der Waals surface area contributed by atoms with E-state index in [1.165, 1.54) is 0 Å². The second kappa shape index (κ2) is 5.61. The molecule has 1 aromatic rings. The average molecular weight is 229 g/mol. The second-order valence-electron chi connectivity index (χ2n) is 3.00. The maximum Gasteiger partial charge on any atom is 0.141 e. The number of carbonyl (C=O) groups excluding carboxylic acids is 1. The topological polar surface area (TPSA) is 35.5 Å². The van der Waals surface area contributed by atoms with Crippen molar-refractivity contribution in [2.24, 2.45) is 0 Å². The van der Waals surface area contributed by atoms with Gasteiger partial charge in [-0.1, -0.05) is 11.6 Å². The van der Waals surface area contributed by atoms with Gasteiger partial charge in [-0.3, -0.25) is 0 Å². The van der Waals surface area contributed by atoms with Crippen LogP contribution in [0.4, 0.5) is 0 Å². The van der Waals surface area contributed by atoms with Crippen molar-refractivity contribution < 1.29 is 14.3 Å². The molecule has 0 spiro atoms. The zero-order valence-corrected chi connectivity index (χ0v) is 9.50. The zero-order valence-electron chi connectivity index (χ0n) is 8.75. The summed E-state index contributed by atoms with van der Waals surface area (Å²) in [6.45, 7) is 0. The fraction of sp³-hybridized carbons (Fsp3) is 0.364. The molecular weight excluding hydrogens is 216 g/mol. The largest absolute Gasteiger partial charge is 0.496 e. The van der Waals surface area contributed by atoms with E-state index < -0.39 is 0 Å². The summed E-state index contributed by atoms with van der Waals surface area (Å²) in [5.41, 5.74) is 0.912. The molecule has 0 heterocycles. The Morgan fingerprint density at radius 2 is 1.93 bits per heavy atom. The molecule has 0 unspecified atom stereocenters. The summed E-state index contributed by atoms with van der Waals surface area (Å²) in [6, 6.07) is 3.49. The number of halogens is 1. The lowest BCUT2D eigenvalue weighted by atomic mass is 10.1. The molecular formula is C11H13ClO3. The highest BCUT2D eigenvalue weighted by atomic mass is 35.5. The summed E-state index contributed by atoms with van der Waals surface area (Å²) < 4.78 is 10.3. The summed E-state index contributed by atoms with van der Waals surface area (Å²) in [5, 5.41) is 0.527. The first kappa shape index (κ1) is 11.9. The van der Waals surface area contributed by atoms with Gasteiger partial charge in [0.25, 0.3) is 0 Å². The Hall–Kier alpha value is -1.22. The highest BCUT2D eigenvalue weighted by Gasteiger charge is 2.09. The summed E-state index contributed by atoms with van der Waals surface area (Å²) in [6.07, 6.45) is 1.95. The quantitative estimate of drug-likeness (QED) is 0.727. The number of aryl methyl sites for hydroxylation is 1. The van der Waals surface area contributed by atoms with Gasteiger partial charge in [-0.15, -0.1) is 0 Å². The van der Waals surface area contributed by atoms with Crippen LogP contribution in [0.3, 0.4) is 0 Å². The minimum atomic E-state index is 0.457. The predicted molar refractivity (Wildman–Crippen MR) is 58.9 cm³/mol. The van der Waals surface area contributed by atoms with Crippen molar-refractivity contribution in [3.8, 4) is 11.5 Å². The Balaban J connectivity index is 3.03. The molecule has 0 fully saturated rings. The average Bonchev–Trinajstić information content (AvgIpc) is 2.26. The lowest BCUT2D eigenvalue weighted by molar-refractivity contribution is -0.107. The van der Waals surface area contributed by atoms with Crippen LogP contribution in [0.5, 0.6) is 11.5 Å². The van der Waals surface area contributed by atoms with Crippen LogP contribution in [0.15, 0.2) is 12.1 Å². The number of rotatable bonds is 5. The summed E-state index contributed by atoms with van der Waals surface area (Å²) in [5.74, 6) is 1.27. The van der Waals surface area contributed by atoms with E-state index in [0.717, 1.165) is 11.8 Å². The molecule has 82 valence electrons. The molecule has 0 N–H and O–H groups in total. The molecule has 1 rings (SSSR count). The first-order valence-electron chi connectivity index (χ1n) is 4.57. The molecule has 0 aromatic heterocycles. The molecule has 0 atom stereocenters. The number of benzene rings is 1. The normalized spacial score (nSPS) is 9.80. The Morgan fingerprint density at radius 3 is 2.47 bits per heavy atom. The van der Waals surface area contributed by atoms with E-state index in [2.05, 4.69) is 0 Å². The second-order valence-corrected chi connectivity index (χ2v) is 3.41. The Bertz CT molecular complexity index is 350. The van der Waals surface area contributed by atoms with E-state index in [4.69, 9.17) is 21.1 Å². The standard InChI is InChI=1S/C11H13ClO3/c1-14-10-7-11(15-2)9(12)6-8(10)4-3-5-13/h5-7H,3-4H2,1-2H3. The monoisotopic (exact) mass is 228 g/mol. The molecule has 3 nitrogen and oxygen atoms in total. The molecule has 4 heteroatoms. The van der Waals surface area contributed by atoms with Gasteiger partial charge < -0.3 is 14.3 Å². The molecule has 0 radical (unpaired) electrons. The van der Waals surface area contributed by atoms with Crippen LogP contribution in [-0.2, 0) is 11.2 Å². The third-order valence-corrected chi connectivity index (χ3v) is 2.38. The number of hydrogen-bond acceptors (Lipinski definition) is 3. The lowest BCUT2D eigenvalue weighted by Crippen LogP contribution is -1.95. The van der Waals surface area contributed by atoms with Crippen molar-refractivity contribution in [3.63, 3.8) is 0 Å². The van der Waals surface area contributed by atoms with Crippen LogP contribution in [0.1, 0.15) is 12.0 Å². The minimum Gasteiger partial charge on any atom is -0.496 e. The van der Waals surface area contributed by atoms with E-state index in [1.807, 2.05) is 0 Å². The van der Waals surface area contributed by atoms with Crippen molar-refractivity contribution in [1.29, 1.82) is 0 Å². The van der Waals surface area contributed by atoms with E-state index in [-0.39, 0.29) is 0 Å². The summed E-state index contributed by atoms with van der Waals surface area (Å²) in [7, 11) is 3.12. The van der Waals surface area contributed by atoms with Crippen LogP contribution in [-0.4, -0.2) is 20.5 Å². The lowest BCUT2D eigenvalue weighted by Gasteiger charge is -2.10. The Labute approximate surface area is 93.9 Å². The summed E-state index contributed by atoms with van der Waals surface area (Å²) in [4.78, 5) is 10.3. The zero-order chi connectivity index (χ0) is 11.3. The first-order chi connectivity index (χ1) is 7.22. The molecule has 0 bridgehead atoms. The van der Waals surface area contributed by atoms with Gasteiger partial charge >= 0.3 is 0 Å². The Kier molecular flexibility index (Phi) is 4.43. The third kappa shape index (κ3) is 2.86.